The highest BCUT2D eigenvalue weighted by Crippen LogP contribution is 2.38. The number of ether oxygens (including phenoxy) is 1. The van der Waals surface area contributed by atoms with E-state index in [1.54, 1.807) is 6.07 Å². The van der Waals surface area contributed by atoms with Crippen LogP contribution in [-0.4, -0.2) is 40.6 Å². The molecule has 2 heterocycles. The zero-order chi connectivity index (χ0) is 19.0. The van der Waals surface area contributed by atoms with Crippen molar-refractivity contribution in [1.82, 2.24) is 14.5 Å². The van der Waals surface area contributed by atoms with Gasteiger partial charge in [0.25, 0.3) is 5.91 Å². The number of piperidine rings is 1. The quantitative estimate of drug-likeness (QED) is 0.813. The Hall–Kier alpha value is -2.37. The summed E-state index contributed by atoms with van der Waals surface area (Å²) in [7, 11) is 1.42. The van der Waals surface area contributed by atoms with E-state index in [4.69, 9.17) is 4.74 Å². The van der Waals surface area contributed by atoms with Crippen LogP contribution in [0.2, 0.25) is 0 Å². The van der Waals surface area contributed by atoms with E-state index in [1.807, 2.05) is 11.1 Å². The van der Waals surface area contributed by atoms with Gasteiger partial charge in [-0.1, -0.05) is 6.42 Å². The first-order valence-electron chi connectivity index (χ1n) is 9.75. The van der Waals surface area contributed by atoms with Crippen LogP contribution in [0.4, 0.5) is 4.39 Å². The number of imidazole rings is 1. The predicted octanol–water partition coefficient (Wildman–Crippen LogP) is 4.08. The topological polar surface area (TPSA) is 47.4 Å². The number of nitrogens with zero attached hydrogens (tertiary/aromatic N) is 3. The van der Waals surface area contributed by atoms with Gasteiger partial charge in [0.1, 0.15) is 5.82 Å². The lowest BCUT2D eigenvalue weighted by Crippen LogP contribution is -2.41. The number of likely N-dealkylation sites (tertiary alicyclic amines) is 1. The van der Waals surface area contributed by atoms with Crippen molar-refractivity contribution < 1.29 is 13.9 Å². The minimum Gasteiger partial charge on any atom is -0.494 e. The standard InChI is InChI=1S/C21H26FN3O2/c1-14-12-23-20(15-5-3-6-15)25(14)17-7-4-10-24(13-17)21(26)16-8-9-19(27-2)18(22)11-16/h8-9,11-12,15,17H,3-7,10,13H2,1-2H3. The smallest absolute Gasteiger partial charge is 0.254 e. The van der Waals surface area contributed by atoms with Crippen molar-refractivity contribution in [3.8, 4) is 5.75 Å². The second-order valence-corrected chi connectivity index (χ2v) is 7.65. The molecule has 2 aromatic rings. The average Bonchev–Trinajstić information content (AvgIpc) is 3.00. The number of aromatic nitrogens is 2. The van der Waals surface area contributed by atoms with Gasteiger partial charge in [-0.25, -0.2) is 9.37 Å². The summed E-state index contributed by atoms with van der Waals surface area (Å²) in [5.74, 6) is 1.26. The Bertz CT molecular complexity index is 844. The third kappa shape index (κ3) is 3.33. The number of aryl methyl sites for hydroxylation is 1. The Morgan fingerprint density at radius 2 is 2.07 bits per heavy atom. The first kappa shape index (κ1) is 18.0. The minimum atomic E-state index is -0.505. The van der Waals surface area contributed by atoms with Crippen LogP contribution in [0.1, 0.15) is 65.9 Å². The second-order valence-electron chi connectivity index (χ2n) is 7.65. The fraction of sp³-hybridized carbons (Fsp3) is 0.524. The second kappa shape index (κ2) is 7.33. The van der Waals surface area contributed by atoms with E-state index in [1.165, 1.54) is 44.3 Å². The zero-order valence-electron chi connectivity index (χ0n) is 15.9. The molecule has 1 aromatic heterocycles. The number of carbonyl (C=O) groups is 1. The van der Waals surface area contributed by atoms with E-state index < -0.39 is 5.82 Å². The summed E-state index contributed by atoms with van der Waals surface area (Å²) in [6.45, 7) is 3.44. The zero-order valence-corrected chi connectivity index (χ0v) is 15.9. The number of methoxy groups -OCH3 is 1. The van der Waals surface area contributed by atoms with E-state index in [0.717, 1.165) is 18.5 Å². The highest BCUT2D eigenvalue weighted by molar-refractivity contribution is 5.94. The Morgan fingerprint density at radius 3 is 2.74 bits per heavy atom. The number of amides is 1. The van der Waals surface area contributed by atoms with Crippen LogP contribution in [0, 0.1) is 12.7 Å². The molecule has 0 radical (unpaired) electrons. The maximum Gasteiger partial charge on any atom is 0.254 e. The van der Waals surface area contributed by atoms with E-state index in [-0.39, 0.29) is 17.7 Å². The summed E-state index contributed by atoms with van der Waals surface area (Å²) in [6.07, 6.45) is 7.62. The largest absolute Gasteiger partial charge is 0.494 e. The molecule has 0 N–H and O–H groups in total. The van der Waals surface area contributed by atoms with Gasteiger partial charge in [0, 0.05) is 36.5 Å². The number of carbonyl (C=O) groups excluding carboxylic acids is 1. The molecule has 6 heteroatoms. The third-order valence-electron chi connectivity index (χ3n) is 5.93. The molecule has 2 aliphatic rings. The molecule has 1 atom stereocenters. The van der Waals surface area contributed by atoms with Crippen molar-refractivity contribution in [2.24, 2.45) is 0 Å². The van der Waals surface area contributed by atoms with Gasteiger partial charge in [-0.2, -0.15) is 0 Å². The minimum absolute atomic E-state index is 0.121. The number of benzene rings is 1. The van der Waals surface area contributed by atoms with Crippen LogP contribution in [0.25, 0.3) is 0 Å². The number of rotatable bonds is 4. The van der Waals surface area contributed by atoms with Crippen LogP contribution < -0.4 is 4.74 Å². The van der Waals surface area contributed by atoms with Gasteiger partial charge in [-0.05, 0) is 50.8 Å². The van der Waals surface area contributed by atoms with Crippen LogP contribution in [0.15, 0.2) is 24.4 Å². The van der Waals surface area contributed by atoms with Gasteiger partial charge in [-0.3, -0.25) is 4.79 Å². The third-order valence-corrected chi connectivity index (χ3v) is 5.93. The van der Waals surface area contributed by atoms with Crippen molar-refractivity contribution in [2.75, 3.05) is 20.2 Å². The number of hydrogen-bond donors (Lipinski definition) is 0. The molecule has 4 rings (SSSR count). The van der Waals surface area contributed by atoms with E-state index in [0.29, 0.717) is 24.6 Å². The summed E-state index contributed by atoms with van der Waals surface area (Å²) in [4.78, 5) is 19.4. The SMILES string of the molecule is COc1ccc(C(=O)N2CCCC(n3c(C)cnc3C3CCC3)C2)cc1F. The average molecular weight is 371 g/mol. The molecular formula is C21H26FN3O2. The van der Waals surface area contributed by atoms with Crippen LogP contribution in [-0.2, 0) is 0 Å². The maximum absolute atomic E-state index is 14.0. The molecule has 1 saturated carbocycles. The van der Waals surface area contributed by atoms with E-state index in [2.05, 4.69) is 16.5 Å². The van der Waals surface area contributed by atoms with Gasteiger partial charge in [0.2, 0.25) is 0 Å². The maximum atomic E-state index is 14.0. The summed E-state index contributed by atoms with van der Waals surface area (Å²) in [5.41, 5.74) is 1.53. The fourth-order valence-electron chi connectivity index (χ4n) is 4.24. The Morgan fingerprint density at radius 1 is 1.26 bits per heavy atom. The summed E-state index contributed by atoms with van der Waals surface area (Å²) in [6, 6.07) is 4.66. The Kier molecular flexibility index (Phi) is 4.89. The normalized spacial score (nSPS) is 20.4. The Balaban J connectivity index is 1.54. The molecule has 2 fully saturated rings. The van der Waals surface area contributed by atoms with Crippen molar-refractivity contribution in [3.63, 3.8) is 0 Å². The van der Waals surface area contributed by atoms with Gasteiger partial charge >= 0.3 is 0 Å². The highest BCUT2D eigenvalue weighted by atomic mass is 19.1. The monoisotopic (exact) mass is 371 g/mol. The van der Waals surface area contributed by atoms with Gasteiger partial charge in [0.15, 0.2) is 11.6 Å². The lowest BCUT2D eigenvalue weighted by Gasteiger charge is -2.36. The molecule has 0 bridgehead atoms. The van der Waals surface area contributed by atoms with E-state index >= 15 is 0 Å². The van der Waals surface area contributed by atoms with Crippen molar-refractivity contribution in [2.45, 2.75) is 51.0 Å². The van der Waals surface area contributed by atoms with Crippen LogP contribution >= 0.6 is 0 Å². The Labute approximate surface area is 159 Å². The molecule has 1 amide bonds. The van der Waals surface area contributed by atoms with Gasteiger partial charge < -0.3 is 14.2 Å². The molecule has 1 aliphatic heterocycles. The number of halogens is 1. The lowest BCUT2D eigenvalue weighted by molar-refractivity contribution is 0.0674. The predicted molar refractivity (Wildman–Crippen MR) is 101 cm³/mol. The molecule has 5 nitrogen and oxygen atoms in total. The van der Waals surface area contributed by atoms with Crippen molar-refractivity contribution in [1.29, 1.82) is 0 Å². The van der Waals surface area contributed by atoms with E-state index in [9.17, 15) is 9.18 Å². The number of hydrogen-bond acceptors (Lipinski definition) is 3. The molecule has 1 unspecified atom stereocenters. The molecule has 1 saturated heterocycles. The summed E-state index contributed by atoms with van der Waals surface area (Å²) in [5, 5.41) is 0. The molecule has 1 aromatic carbocycles. The van der Waals surface area contributed by atoms with Crippen LogP contribution in [0.5, 0.6) is 5.75 Å². The van der Waals surface area contributed by atoms with Crippen molar-refractivity contribution >= 4 is 5.91 Å². The van der Waals surface area contributed by atoms with Gasteiger partial charge in [0.05, 0.1) is 13.2 Å². The first-order chi connectivity index (χ1) is 13.1. The molecule has 0 spiro atoms. The first-order valence-corrected chi connectivity index (χ1v) is 9.75. The highest BCUT2D eigenvalue weighted by Gasteiger charge is 2.31. The van der Waals surface area contributed by atoms with Crippen LogP contribution in [0.3, 0.4) is 0 Å². The summed E-state index contributed by atoms with van der Waals surface area (Å²) < 4.78 is 21.3. The molecule has 27 heavy (non-hydrogen) atoms. The van der Waals surface area contributed by atoms with Crippen molar-refractivity contribution in [3.05, 3.63) is 47.3 Å². The summed E-state index contributed by atoms with van der Waals surface area (Å²) >= 11 is 0. The fourth-order valence-corrected chi connectivity index (χ4v) is 4.24. The molecule has 1 aliphatic carbocycles. The van der Waals surface area contributed by atoms with Gasteiger partial charge in [-0.15, -0.1) is 0 Å². The lowest BCUT2D eigenvalue weighted by atomic mass is 9.84. The molecule has 144 valence electrons. The molecular weight excluding hydrogens is 345 g/mol.